The fraction of sp³-hybridized carbons (Fsp3) is 1.00. The fourth-order valence-electron chi connectivity index (χ4n) is 0. The summed E-state index contributed by atoms with van der Waals surface area (Å²) in [5.41, 5.74) is 0. The van der Waals surface area contributed by atoms with Crippen molar-refractivity contribution >= 4 is 17.0 Å². The van der Waals surface area contributed by atoms with Gasteiger partial charge < -0.3 is 10.6 Å². The lowest BCUT2D eigenvalue weighted by Crippen LogP contribution is -1.56. The molecule has 2 rings (SSSR count). The number of nitrogens with one attached hydrogen (secondary N) is 2. The van der Waals surface area contributed by atoms with Crippen molar-refractivity contribution in [2.24, 2.45) is 0 Å². The van der Waals surface area contributed by atoms with E-state index in [1.807, 2.05) is 0 Å². The number of rotatable bonds is 0. The van der Waals surface area contributed by atoms with Crippen LogP contribution in [0.3, 0.4) is 0 Å². The van der Waals surface area contributed by atoms with Gasteiger partial charge in [-0.3, -0.25) is 0 Å². The Bertz CT molecular complexity index is 25.2. The van der Waals surface area contributed by atoms with Gasteiger partial charge in [-0.05, 0) is 0 Å². The molecule has 2 saturated heterocycles. The van der Waals surface area contributed by atoms with Crippen LogP contribution in [-0.4, -0.2) is 26.2 Å². The van der Waals surface area contributed by atoms with Gasteiger partial charge in [0.25, 0.3) is 0 Å². The molecule has 44 valence electrons. The van der Waals surface area contributed by atoms with Gasteiger partial charge in [-0.25, -0.2) is 0 Å². The van der Waals surface area contributed by atoms with Gasteiger partial charge in [0.1, 0.15) is 0 Å². The molecule has 2 fully saturated rings. The van der Waals surface area contributed by atoms with E-state index in [-0.39, 0.29) is 17.0 Å². The summed E-state index contributed by atoms with van der Waals surface area (Å²) >= 11 is 0. The highest BCUT2D eigenvalue weighted by Crippen LogP contribution is 1.65. The molecule has 0 aliphatic carbocycles. The summed E-state index contributed by atoms with van der Waals surface area (Å²) in [6.07, 6.45) is 0. The molecule has 2 aliphatic rings. The molecule has 0 radical (unpaired) electrons. The van der Waals surface area contributed by atoms with Crippen molar-refractivity contribution in [2.75, 3.05) is 26.2 Å². The molecule has 2 heterocycles. The fourth-order valence-corrected chi connectivity index (χ4v) is 0. The van der Waals surface area contributed by atoms with E-state index < -0.39 is 0 Å². The minimum atomic E-state index is 0. The Morgan fingerprint density at radius 3 is 0.857 bits per heavy atom. The van der Waals surface area contributed by atoms with E-state index >= 15 is 0 Å². The van der Waals surface area contributed by atoms with Gasteiger partial charge in [0.05, 0.1) is 0 Å². The van der Waals surface area contributed by atoms with Crippen LogP contribution in [0, 0.1) is 0 Å². The highest BCUT2D eigenvalue weighted by Gasteiger charge is 1.91. The number of hydrogen-bond acceptors (Lipinski definition) is 2. The maximum Gasteiger partial charge on any atom is 0.00772 e. The van der Waals surface area contributed by atoms with Crippen LogP contribution in [0.1, 0.15) is 0 Å². The molecule has 0 aromatic carbocycles. The van der Waals surface area contributed by atoms with E-state index in [9.17, 15) is 0 Å². The third-order valence-electron chi connectivity index (χ3n) is 0.500. The first-order chi connectivity index (χ1) is 3.00. The van der Waals surface area contributed by atoms with Crippen LogP contribution >= 0.6 is 17.0 Å². The predicted molar refractivity (Wildman–Crippen MR) is 36.1 cm³/mol. The smallest absolute Gasteiger partial charge is 0.00772 e. The Morgan fingerprint density at radius 2 is 0.857 bits per heavy atom. The first kappa shape index (κ1) is 7.40. The van der Waals surface area contributed by atoms with E-state index in [4.69, 9.17) is 0 Å². The highest BCUT2D eigenvalue weighted by molar-refractivity contribution is 8.93. The van der Waals surface area contributed by atoms with Gasteiger partial charge >= 0.3 is 0 Å². The first-order valence-electron chi connectivity index (χ1n) is 2.41. The number of hydrogen-bond donors (Lipinski definition) is 2. The van der Waals surface area contributed by atoms with Crippen molar-refractivity contribution < 1.29 is 0 Å². The van der Waals surface area contributed by atoms with Crippen molar-refractivity contribution in [2.45, 2.75) is 0 Å². The molecule has 0 aromatic rings. The molecule has 0 saturated carbocycles. The topological polar surface area (TPSA) is 43.9 Å². The minimum Gasteiger partial charge on any atom is -0.314 e. The van der Waals surface area contributed by atoms with Crippen molar-refractivity contribution in [1.82, 2.24) is 10.6 Å². The van der Waals surface area contributed by atoms with Gasteiger partial charge in [0, 0.05) is 26.2 Å². The molecule has 2 aliphatic heterocycles. The van der Waals surface area contributed by atoms with E-state index in [2.05, 4.69) is 10.6 Å². The maximum atomic E-state index is 3.00. The minimum absolute atomic E-state index is 0. The van der Waals surface area contributed by atoms with Gasteiger partial charge in [-0.1, -0.05) is 0 Å². The second-order valence-corrected chi connectivity index (χ2v) is 1.50. The third-order valence-corrected chi connectivity index (χ3v) is 0.500. The Balaban J connectivity index is 0.0000000900. The largest absolute Gasteiger partial charge is 0.314 e. The lowest BCUT2D eigenvalue weighted by atomic mass is 11.0. The van der Waals surface area contributed by atoms with Crippen molar-refractivity contribution in [3.8, 4) is 0 Å². The van der Waals surface area contributed by atoms with E-state index in [0.29, 0.717) is 0 Å². The number of halogens is 1. The SMILES string of the molecule is Br.C1CN1.C1CN1. The van der Waals surface area contributed by atoms with Gasteiger partial charge in [0.15, 0.2) is 0 Å². The molecule has 7 heavy (non-hydrogen) atoms. The summed E-state index contributed by atoms with van der Waals surface area (Å²) in [6.45, 7) is 5.00. The van der Waals surface area contributed by atoms with Crippen LogP contribution < -0.4 is 10.6 Å². The zero-order valence-corrected chi connectivity index (χ0v) is 5.95. The second kappa shape index (κ2) is 4.56. The average molecular weight is 167 g/mol. The average Bonchev–Trinajstić information content (AvgIpc) is 2.31. The molecular formula is C4H11BrN2. The summed E-state index contributed by atoms with van der Waals surface area (Å²) in [6, 6.07) is 0. The Kier molecular flexibility index (Phi) is 4.82. The summed E-state index contributed by atoms with van der Waals surface area (Å²) in [4.78, 5) is 0. The molecule has 0 atom stereocenters. The van der Waals surface area contributed by atoms with Gasteiger partial charge in [-0.15, -0.1) is 17.0 Å². The van der Waals surface area contributed by atoms with E-state index in [1.165, 1.54) is 26.2 Å². The molecule has 0 aromatic heterocycles. The summed E-state index contributed by atoms with van der Waals surface area (Å²) in [7, 11) is 0. The van der Waals surface area contributed by atoms with Crippen molar-refractivity contribution in [1.29, 1.82) is 0 Å². The zero-order valence-electron chi connectivity index (χ0n) is 4.24. The van der Waals surface area contributed by atoms with Crippen LogP contribution in [0.2, 0.25) is 0 Å². The lowest BCUT2D eigenvalue weighted by molar-refractivity contribution is 1.34. The zero-order chi connectivity index (χ0) is 4.24. The first-order valence-corrected chi connectivity index (χ1v) is 2.41. The molecule has 2 N–H and O–H groups in total. The molecule has 0 amide bonds. The van der Waals surface area contributed by atoms with Crippen LogP contribution in [0.5, 0.6) is 0 Å². The quantitative estimate of drug-likeness (QED) is 0.489. The summed E-state index contributed by atoms with van der Waals surface area (Å²) in [5.74, 6) is 0. The normalized spacial score (nSPS) is 20.6. The van der Waals surface area contributed by atoms with Crippen LogP contribution in [0.4, 0.5) is 0 Å². The standard InChI is InChI=1S/2C2H5N.BrH/c2*1-2-3-1;/h2*3H,1-2H2;1H. The summed E-state index contributed by atoms with van der Waals surface area (Å²) < 4.78 is 0. The van der Waals surface area contributed by atoms with Crippen LogP contribution in [0.25, 0.3) is 0 Å². The van der Waals surface area contributed by atoms with Gasteiger partial charge in [-0.2, -0.15) is 0 Å². The third kappa shape index (κ3) is 21.5. The molecule has 0 bridgehead atoms. The maximum absolute atomic E-state index is 3.00. The Morgan fingerprint density at radius 1 is 0.714 bits per heavy atom. The van der Waals surface area contributed by atoms with Crippen LogP contribution in [-0.2, 0) is 0 Å². The molecule has 3 heteroatoms. The van der Waals surface area contributed by atoms with Gasteiger partial charge in [0.2, 0.25) is 0 Å². The molecule has 2 nitrogen and oxygen atoms in total. The van der Waals surface area contributed by atoms with Crippen LogP contribution in [0.15, 0.2) is 0 Å². The van der Waals surface area contributed by atoms with E-state index in [1.54, 1.807) is 0 Å². The second-order valence-electron chi connectivity index (χ2n) is 1.50. The highest BCUT2D eigenvalue weighted by atomic mass is 79.9. The molecule has 0 spiro atoms. The molecular weight excluding hydrogens is 156 g/mol. The Labute approximate surface area is 54.4 Å². The van der Waals surface area contributed by atoms with Crippen molar-refractivity contribution in [3.05, 3.63) is 0 Å². The molecule has 0 unspecified atom stereocenters. The Hall–Kier alpha value is 0.400. The monoisotopic (exact) mass is 166 g/mol. The van der Waals surface area contributed by atoms with Crippen molar-refractivity contribution in [3.63, 3.8) is 0 Å². The van der Waals surface area contributed by atoms with E-state index in [0.717, 1.165) is 0 Å². The summed E-state index contributed by atoms with van der Waals surface area (Å²) in [5, 5.41) is 6.00. The predicted octanol–water partition coefficient (Wildman–Crippen LogP) is -0.243. The lowest BCUT2D eigenvalue weighted by Gasteiger charge is -1.21.